The molecular formula is C13H13F2N3O2. The molecule has 0 aliphatic heterocycles. The summed E-state index contributed by atoms with van der Waals surface area (Å²) in [5.74, 6) is 3.24. The number of benzene rings is 1. The van der Waals surface area contributed by atoms with E-state index in [1.165, 1.54) is 4.57 Å². The molecule has 0 atom stereocenters. The number of nitrogens with zero attached hydrogens (tertiary/aromatic N) is 2. The van der Waals surface area contributed by atoms with Crippen LogP contribution < -0.4 is 17.1 Å². The number of nitrogen functional groups attached to an aromatic ring is 1. The average Bonchev–Trinajstić information content (AvgIpc) is 2.93. The summed E-state index contributed by atoms with van der Waals surface area (Å²) in [6.45, 7) is 0. The van der Waals surface area contributed by atoms with E-state index < -0.39 is 22.9 Å². The zero-order valence-corrected chi connectivity index (χ0v) is 10.6. The fourth-order valence-electron chi connectivity index (χ4n) is 2.86. The van der Waals surface area contributed by atoms with Crippen molar-refractivity contribution in [1.29, 1.82) is 0 Å². The Morgan fingerprint density at radius 3 is 2.35 bits per heavy atom. The molecule has 1 aromatic heterocycles. The van der Waals surface area contributed by atoms with Gasteiger partial charge in [0, 0.05) is 12.1 Å². The summed E-state index contributed by atoms with van der Waals surface area (Å²) < 4.78 is 28.5. The van der Waals surface area contributed by atoms with Crippen LogP contribution in [0.4, 0.5) is 8.78 Å². The van der Waals surface area contributed by atoms with Crippen LogP contribution in [0.25, 0.3) is 10.9 Å². The molecule has 0 radical (unpaired) electrons. The van der Waals surface area contributed by atoms with Gasteiger partial charge in [-0.3, -0.25) is 9.36 Å². The molecule has 1 aliphatic rings. The molecule has 1 aromatic carbocycles. The fraction of sp³-hybridized carbons (Fsp3) is 0.385. The third-order valence-electron chi connectivity index (χ3n) is 3.85. The van der Waals surface area contributed by atoms with E-state index in [9.17, 15) is 18.4 Å². The Balaban J connectivity index is 2.46. The van der Waals surface area contributed by atoms with Gasteiger partial charge in [0.15, 0.2) is 11.6 Å². The molecule has 1 aliphatic carbocycles. The van der Waals surface area contributed by atoms with Crippen LogP contribution in [0, 0.1) is 11.6 Å². The van der Waals surface area contributed by atoms with E-state index in [1.807, 2.05) is 0 Å². The molecule has 5 nitrogen and oxygen atoms in total. The van der Waals surface area contributed by atoms with E-state index in [0.29, 0.717) is 4.68 Å². The maximum absolute atomic E-state index is 13.4. The number of rotatable bonds is 1. The molecule has 1 heterocycles. The molecule has 0 amide bonds. The minimum atomic E-state index is -1.13. The highest BCUT2D eigenvalue weighted by Crippen LogP contribution is 2.30. The van der Waals surface area contributed by atoms with E-state index in [4.69, 9.17) is 5.84 Å². The summed E-state index contributed by atoms with van der Waals surface area (Å²) in [7, 11) is 0. The third kappa shape index (κ3) is 1.73. The van der Waals surface area contributed by atoms with Gasteiger partial charge in [-0.05, 0) is 18.9 Å². The van der Waals surface area contributed by atoms with Crippen molar-refractivity contribution < 1.29 is 8.78 Å². The average molecular weight is 281 g/mol. The number of aromatic nitrogens is 2. The highest BCUT2D eigenvalue weighted by atomic mass is 19.2. The third-order valence-corrected chi connectivity index (χ3v) is 3.85. The van der Waals surface area contributed by atoms with Gasteiger partial charge in [0.05, 0.1) is 10.9 Å². The van der Waals surface area contributed by atoms with Gasteiger partial charge < -0.3 is 5.84 Å². The molecule has 20 heavy (non-hydrogen) atoms. The SMILES string of the molecule is Nn1c(=O)c2cc(F)c(F)cc2n(C2CCCC2)c1=O. The van der Waals surface area contributed by atoms with Gasteiger partial charge in [0.25, 0.3) is 5.56 Å². The molecule has 3 rings (SSSR count). The maximum atomic E-state index is 13.4. The van der Waals surface area contributed by atoms with Gasteiger partial charge in [-0.1, -0.05) is 12.8 Å². The van der Waals surface area contributed by atoms with Crippen LogP contribution in [0.5, 0.6) is 0 Å². The molecule has 2 N–H and O–H groups in total. The smallest absolute Gasteiger partial charge is 0.332 e. The van der Waals surface area contributed by atoms with Crippen LogP contribution in [0.2, 0.25) is 0 Å². The van der Waals surface area contributed by atoms with Crippen molar-refractivity contribution in [1.82, 2.24) is 9.24 Å². The minimum absolute atomic E-state index is 0.0853. The predicted octanol–water partition coefficient (Wildman–Crippen LogP) is 1.27. The Bertz CT molecular complexity index is 804. The van der Waals surface area contributed by atoms with Crippen molar-refractivity contribution in [3.63, 3.8) is 0 Å². The molecule has 106 valence electrons. The second-order valence-electron chi connectivity index (χ2n) is 5.05. The molecule has 0 unspecified atom stereocenters. The largest absolute Gasteiger partial charge is 0.350 e. The monoisotopic (exact) mass is 281 g/mol. The van der Waals surface area contributed by atoms with Crippen molar-refractivity contribution in [2.75, 3.05) is 5.84 Å². The summed E-state index contributed by atoms with van der Waals surface area (Å²) in [5, 5.41) is -0.0853. The normalized spacial score (nSPS) is 16.1. The van der Waals surface area contributed by atoms with Gasteiger partial charge in [-0.15, -0.1) is 0 Å². The first-order chi connectivity index (χ1) is 9.50. The van der Waals surface area contributed by atoms with Crippen molar-refractivity contribution >= 4 is 10.9 Å². The van der Waals surface area contributed by atoms with Crippen molar-refractivity contribution in [2.45, 2.75) is 31.7 Å². The molecule has 2 aromatic rings. The maximum Gasteiger partial charge on any atom is 0.350 e. The zero-order valence-electron chi connectivity index (χ0n) is 10.6. The first-order valence-corrected chi connectivity index (χ1v) is 6.42. The highest BCUT2D eigenvalue weighted by molar-refractivity contribution is 5.78. The van der Waals surface area contributed by atoms with Crippen LogP contribution >= 0.6 is 0 Å². The van der Waals surface area contributed by atoms with Crippen LogP contribution in [0.1, 0.15) is 31.7 Å². The Hall–Kier alpha value is -2.18. The summed E-state index contributed by atoms with van der Waals surface area (Å²) >= 11 is 0. The zero-order chi connectivity index (χ0) is 14.4. The van der Waals surface area contributed by atoms with E-state index in [0.717, 1.165) is 37.8 Å². The number of hydrogen-bond donors (Lipinski definition) is 1. The lowest BCUT2D eigenvalue weighted by molar-refractivity contribution is 0.488. The van der Waals surface area contributed by atoms with E-state index in [1.54, 1.807) is 0 Å². The Morgan fingerprint density at radius 2 is 1.70 bits per heavy atom. The molecule has 1 fully saturated rings. The van der Waals surface area contributed by atoms with Crippen LogP contribution in [0.3, 0.4) is 0 Å². The van der Waals surface area contributed by atoms with Crippen LogP contribution in [0.15, 0.2) is 21.7 Å². The first-order valence-electron chi connectivity index (χ1n) is 6.42. The van der Waals surface area contributed by atoms with Crippen molar-refractivity contribution in [2.24, 2.45) is 0 Å². The predicted molar refractivity (Wildman–Crippen MR) is 70.0 cm³/mol. The lowest BCUT2D eigenvalue weighted by Crippen LogP contribution is -2.45. The van der Waals surface area contributed by atoms with Gasteiger partial charge in [-0.25, -0.2) is 13.6 Å². The summed E-state index contributed by atoms with van der Waals surface area (Å²) in [6.07, 6.45) is 3.41. The topological polar surface area (TPSA) is 70.0 Å². The lowest BCUT2D eigenvalue weighted by Gasteiger charge is -2.17. The number of hydrogen-bond acceptors (Lipinski definition) is 3. The number of halogens is 2. The Labute approximate surface area is 112 Å². The Morgan fingerprint density at radius 1 is 1.10 bits per heavy atom. The first kappa shape index (κ1) is 12.8. The van der Waals surface area contributed by atoms with Crippen LogP contribution in [-0.2, 0) is 0 Å². The van der Waals surface area contributed by atoms with Gasteiger partial charge >= 0.3 is 5.69 Å². The molecule has 7 heteroatoms. The van der Waals surface area contributed by atoms with Gasteiger partial charge in [0.1, 0.15) is 0 Å². The van der Waals surface area contributed by atoms with Crippen molar-refractivity contribution in [3.8, 4) is 0 Å². The number of nitrogens with two attached hydrogens (primary N) is 1. The molecule has 0 bridgehead atoms. The summed E-state index contributed by atoms with van der Waals surface area (Å²) in [6, 6.07) is 1.55. The van der Waals surface area contributed by atoms with E-state index >= 15 is 0 Å². The second-order valence-corrected chi connectivity index (χ2v) is 5.05. The minimum Gasteiger partial charge on any atom is -0.332 e. The molecule has 0 saturated heterocycles. The molecule has 1 saturated carbocycles. The fourth-order valence-corrected chi connectivity index (χ4v) is 2.86. The highest BCUT2D eigenvalue weighted by Gasteiger charge is 2.23. The molecule has 0 spiro atoms. The Kier molecular flexibility index (Phi) is 2.84. The molecular weight excluding hydrogens is 268 g/mol. The summed E-state index contributed by atoms with van der Waals surface area (Å²) in [4.78, 5) is 24.1. The van der Waals surface area contributed by atoms with E-state index in [-0.39, 0.29) is 16.9 Å². The van der Waals surface area contributed by atoms with E-state index in [2.05, 4.69) is 0 Å². The second kappa shape index (κ2) is 4.43. The summed E-state index contributed by atoms with van der Waals surface area (Å²) in [5.41, 5.74) is -1.41. The van der Waals surface area contributed by atoms with Crippen molar-refractivity contribution in [3.05, 3.63) is 44.6 Å². The quantitative estimate of drug-likeness (QED) is 0.800. The van der Waals surface area contributed by atoms with Gasteiger partial charge in [-0.2, -0.15) is 4.68 Å². The standard InChI is InChI=1S/C13H13F2N3O2/c14-9-5-8-11(6-10(9)15)17(7-3-1-2-4-7)13(20)18(16)12(8)19/h5-7H,1-4,16H2. The van der Waals surface area contributed by atoms with Crippen LogP contribution in [-0.4, -0.2) is 9.24 Å². The number of fused-ring (bicyclic) bond motifs is 1. The lowest BCUT2D eigenvalue weighted by atomic mass is 10.2. The van der Waals surface area contributed by atoms with Gasteiger partial charge in [0.2, 0.25) is 0 Å².